The summed E-state index contributed by atoms with van der Waals surface area (Å²) in [5.41, 5.74) is 0.795. The number of rotatable bonds is 6. The lowest BCUT2D eigenvalue weighted by Crippen LogP contribution is -2.31. The summed E-state index contributed by atoms with van der Waals surface area (Å²) < 4.78 is 12.5. The molecule has 0 radical (unpaired) electrons. The van der Waals surface area contributed by atoms with Crippen molar-refractivity contribution in [3.05, 3.63) is 54.0 Å². The lowest BCUT2D eigenvalue weighted by Gasteiger charge is -2.15. The maximum atomic E-state index is 12.5. The number of benzene rings is 1. The molecular weight excluding hydrogens is 360 g/mol. The fourth-order valence-electron chi connectivity index (χ4n) is 2.61. The number of amides is 1. The molecule has 146 valence electrons. The molecule has 0 saturated carbocycles. The van der Waals surface area contributed by atoms with E-state index in [-0.39, 0.29) is 11.7 Å². The van der Waals surface area contributed by atoms with Gasteiger partial charge in [-0.3, -0.25) is 4.79 Å². The van der Waals surface area contributed by atoms with Crippen molar-refractivity contribution in [1.29, 1.82) is 0 Å². The van der Waals surface area contributed by atoms with E-state index in [4.69, 9.17) is 9.15 Å². The number of hydrogen-bond donors (Lipinski definition) is 1. The van der Waals surface area contributed by atoms with Gasteiger partial charge in [-0.25, -0.2) is 14.5 Å². The Kier molecular flexibility index (Phi) is 5.58. The first-order valence-corrected chi connectivity index (χ1v) is 8.95. The molecule has 8 heteroatoms. The van der Waals surface area contributed by atoms with Crippen LogP contribution in [0.15, 0.2) is 47.0 Å². The van der Waals surface area contributed by atoms with Crippen LogP contribution in [0.2, 0.25) is 0 Å². The van der Waals surface area contributed by atoms with E-state index in [0.717, 1.165) is 5.56 Å². The van der Waals surface area contributed by atoms with Crippen LogP contribution in [0.1, 0.15) is 43.1 Å². The summed E-state index contributed by atoms with van der Waals surface area (Å²) in [5.74, 6) is 0.00726. The number of nitrogens with one attached hydrogen (secondary N) is 1. The van der Waals surface area contributed by atoms with E-state index >= 15 is 0 Å². The minimum atomic E-state index is -1.01. The van der Waals surface area contributed by atoms with Crippen LogP contribution in [-0.2, 0) is 9.53 Å². The van der Waals surface area contributed by atoms with E-state index in [1.807, 2.05) is 44.2 Å². The topological polar surface area (TPSA) is 99.2 Å². The highest BCUT2D eigenvalue weighted by Crippen LogP contribution is 2.22. The Morgan fingerprint density at radius 1 is 1.14 bits per heavy atom. The van der Waals surface area contributed by atoms with Gasteiger partial charge in [-0.15, -0.1) is 0 Å². The zero-order chi connectivity index (χ0) is 20.3. The van der Waals surface area contributed by atoms with Crippen LogP contribution in [0.25, 0.3) is 11.5 Å². The number of hydrogen-bond acceptors (Lipinski definition) is 6. The normalized spacial score (nSPS) is 12.0. The third-order valence-electron chi connectivity index (χ3n) is 4.07. The number of esters is 1. The first kappa shape index (κ1) is 19.3. The molecule has 2 heterocycles. The predicted molar refractivity (Wildman–Crippen MR) is 103 cm³/mol. The Hall–Kier alpha value is -3.42. The fourth-order valence-corrected chi connectivity index (χ4v) is 2.61. The molecule has 1 atom stereocenters. The molecule has 0 aliphatic rings. The number of ether oxygens (including phenoxy) is 1. The summed E-state index contributed by atoms with van der Waals surface area (Å²) in [4.78, 5) is 29.1. The summed E-state index contributed by atoms with van der Waals surface area (Å²) in [6.07, 6.45) is 0.579. The monoisotopic (exact) mass is 382 g/mol. The molecule has 28 heavy (non-hydrogen) atoms. The van der Waals surface area contributed by atoms with E-state index in [1.165, 1.54) is 6.92 Å². The van der Waals surface area contributed by atoms with E-state index in [9.17, 15) is 9.59 Å². The second kappa shape index (κ2) is 8.08. The number of oxazole rings is 1. The van der Waals surface area contributed by atoms with Crippen LogP contribution in [0.4, 0.5) is 5.82 Å². The Balaban J connectivity index is 1.68. The van der Waals surface area contributed by atoms with Crippen molar-refractivity contribution in [3.8, 4) is 11.5 Å². The summed E-state index contributed by atoms with van der Waals surface area (Å²) in [6, 6.07) is 11.0. The predicted octanol–water partition coefficient (Wildman–Crippen LogP) is 3.61. The zero-order valence-electron chi connectivity index (χ0n) is 16.2. The molecule has 0 bridgehead atoms. The summed E-state index contributed by atoms with van der Waals surface area (Å²) >= 11 is 0. The van der Waals surface area contributed by atoms with E-state index in [0.29, 0.717) is 17.5 Å². The summed E-state index contributed by atoms with van der Waals surface area (Å²) in [6.45, 7) is 7.02. The van der Waals surface area contributed by atoms with Crippen LogP contribution >= 0.6 is 0 Å². The Morgan fingerprint density at radius 2 is 1.86 bits per heavy atom. The molecule has 1 unspecified atom stereocenters. The quantitative estimate of drug-likeness (QED) is 0.654. The number of carbonyl (C=O) groups excluding carboxylic acids is 2. The lowest BCUT2D eigenvalue weighted by atomic mass is 10.2. The molecule has 1 aromatic carbocycles. The maximum absolute atomic E-state index is 12.5. The first-order valence-electron chi connectivity index (χ1n) is 8.95. The average molecular weight is 382 g/mol. The molecule has 1 amide bonds. The molecule has 1 N–H and O–H groups in total. The Labute approximate surface area is 162 Å². The number of carbonyl (C=O) groups is 2. The molecule has 0 spiro atoms. The maximum Gasteiger partial charge on any atom is 0.361 e. The zero-order valence-corrected chi connectivity index (χ0v) is 16.2. The van der Waals surface area contributed by atoms with Gasteiger partial charge in [-0.2, -0.15) is 5.10 Å². The van der Waals surface area contributed by atoms with Crippen molar-refractivity contribution in [2.75, 3.05) is 5.32 Å². The highest BCUT2D eigenvalue weighted by atomic mass is 16.5. The minimum Gasteiger partial charge on any atom is -0.448 e. The smallest absolute Gasteiger partial charge is 0.361 e. The van der Waals surface area contributed by atoms with Gasteiger partial charge in [0.2, 0.25) is 5.89 Å². The number of nitrogens with zero attached hydrogens (tertiary/aromatic N) is 3. The highest BCUT2D eigenvalue weighted by molar-refractivity contribution is 5.96. The molecule has 0 saturated heterocycles. The van der Waals surface area contributed by atoms with Gasteiger partial charge in [-0.05, 0) is 39.8 Å². The third kappa shape index (κ3) is 4.11. The Morgan fingerprint density at radius 3 is 2.54 bits per heavy atom. The van der Waals surface area contributed by atoms with Crippen molar-refractivity contribution in [2.24, 2.45) is 0 Å². The number of aromatic nitrogens is 3. The van der Waals surface area contributed by atoms with Gasteiger partial charge in [-0.1, -0.05) is 18.2 Å². The largest absolute Gasteiger partial charge is 0.448 e. The van der Waals surface area contributed by atoms with Crippen molar-refractivity contribution in [2.45, 2.75) is 39.8 Å². The molecule has 3 aromatic rings. The van der Waals surface area contributed by atoms with Gasteiger partial charge >= 0.3 is 5.97 Å². The molecule has 8 nitrogen and oxygen atoms in total. The number of aryl methyl sites for hydroxylation is 1. The standard InChI is InChI=1S/C20H22N4O4/c1-12(2)24-16(10-11-21-24)22-18(25)14(4)28-20(26)17-13(3)27-19(23-17)15-8-6-5-7-9-15/h5-12,14H,1-4H3,(H,22,25). The van der Waals surface area contributed by atoms with Gasteiger partial charge in [0.05, 0.1) is 6.20 Å². The van der Waals surface area contributed by atoms with Crippen LogP contribution in [-0.4, -0.2) is 32.7 Å². The third-order valence-corrected chi connectivity index (χ3v) is 4.07. The SMILES string of the molecule is Cc1oc(-c2ccccc2)nc1C(=O)OC(C)C(=O)Nc1ccnn1C(C)C. The van der Waals surface area contributed by atoms with E-state index in [2.05, 4.69) is 15.4 Å². The molecule has 0 aliphatic heterocycles. The van der Waals surface area contributed by atoms with Crippen LogP contribution in [0.3, 0.4) is 0 Å². The van der Waals surface area contributed by atoms with Crippen LogP contribution in [0.5, 0.6) is 0 Å². The minimum absolute atomic E-state index is 0.0470. The van der Waals surface area contributed by atoms with Gasteiger partial charge in [0.1, 0.15) is 11.6 Å². The van der Waals surface area contributed by atoms with Gasteiger partial charge in [0.15, 0.2) is 11.8 Å². The fraction of sp³-hybridized carbons (Fsp3) is 0.300. The van der Waals surface area contributed by atoms with Crippen molar-refractivity contribution < 1.29 is 18.7 Å². The van der Waals surface area contributed by atoms with Gasteiger partial charge in [0.25, 0.3) is 5.91 Å². The van der Waals surface area contributed by atoms with Crippen molar-refractivity contribution in [3.63, 3.8) is 0 Å². The highest BCUT2D eigenvalue weighted by Gasteiger charge is 2.25. The van der Waals surface area contributed by atoms with Crippen molar-refractivity contribution >= 4 is 17.7 Å². The molecule has 0 fully saturated rings. The number of anilines is 1. The average Bonchev–Trinajstić information content (AvgIpc) is 3.29. The molecular formula is C20H22N4O4. The first-order chi connectivity index (χ1) is 13.4. The van der Waals surface area contributed by atoms with Crippen LogP contribution < -0.4 is 5.32 Å². The molecule has 0 aliphatic carbocycles. The van der Waals surface area contributed by atoms with E-state index < -0.39 is 18.0 Å². The van der Waals surface area contributed by atoms with E-state index in [1.54, 1.807) is 23.9 Å². The summed E-state index contributed by atoms with van der Waals surface area (Å²) in [7, 11) is 0. The second-order valence-electron chi connectivity index (χ2n) is 6.58. The van der Waals surface area contributed by atoms with Crippen LogP contribution in [0, 0.1) is 6.92 Å². The lowest BCUT2D eigenvalue weighted by molar-refractivity contribution is -0.123. The van der Waals surface area contributed by atoms with Gasteiger partial charge < -0.3 is 14.5 Å². The second-order valence-corrected chi connectivity index (χ2v) is 6.58. The van der Waals surface area contributed by atoms with Crippen molar-refractivity contribution in [1.82, 2.24) is 14.8 Å². The molecule has 3 rings (SSSR count). The summed E-state index contributed by atoms with van der Waals surface area (Å²) in [5, 5.41) is 6.87. The molecule has 2 aromatic heterocycles. The van der Waals surface area contributed by atoms with Gasteiger partial charge in [0, 0.05) is 17.7 Å². The Bertz CT molecular complexity index is 975.